The summed E-state index contributed by atoms with van der Waals surface area (Å²) in [5, 5.41) is 6.17. The highest BCUT2D eigenvalue weighted by molar-refractivity contribution is 6.03. The van der Waals surface area contributed by atoms with Gasteiger partial charge in [-0.25, -0.2) is 4.39 Å². The Morgan fingerprint density at radius 2 is 1.69 bits per heavy atom. The molecule has 0 saturated heterocycles. The predicted octanol–water partition coefficient (Wildman–Crippen LogP) is 9.23. The van der Waals surface area contributed by atoms with E-state index in [0.29, 0.717) is 17.9 Å². The van der Waals surface area contributed by atoms with Crippen molar-refractivity contribution in [1.82, 2.24) is 9.78 Å². The lowest BCUT2D eigenvalue weighted by molar-refractivity contribution is -0.677. The third-order valence-electron chi connectivity index (χ3n) is 11.0. The number of halogens is 4. The lowest BCUT2D eigenvalue weighted by atomic mass is 9.61. The molecule has 0 N–H and O–H groups in total. The van der Waals surface area contributed by atoms with Gasteiger partial charge in [0.1, 0.15) is 11.5 Å². The molecule has 5 aromatic rings. The Bertz CT molecular complexity index is 2110. The normalized spacial score (nSPS) is 16.6. The monoisotopic (exact) mass is 654 g/mol. The van der Waals surface area contributed by atoms with Gasteiger partial charge in [0, 0.05) is 48.4 Å². The van der Waals surface area contributed by atoms with Crippen LogP contribution in [-0.4, -0.2) is 9.78 Å². The maximum atomic E-state index is 16.2. The van der Waals surface area contributed by atoms with Gasteiger partial charge in [-0.1, -0.05) is 59.2 Å². The average molecular weight is 655 g/mol. The molecule has 4 nitrogen and oxygen atoms in total. The first kappa shape index (κ1) is 32.2. The van der Waals surface area contributed by atoms with Crippen LogP contribution in [-0.2, 0) is 37.0 Å². The molecule has 0 atom stereocenters. The molecule has 0 radical (unpaired) electrons. The summed E-state index contributed by atoms with van der Waals surface area (Å²) in [5.74, 6) is -0.185. The van der Waals surface area contributed by atoms with E-state index in [2.05, 4.69) is 74.8 Å². The second-order valence-electron chi connectivity index (χ2n) is 13.8. The van der Waals surface area contributed by atoms with Crippen molar-refractivity contribution in [1.29, 1.82) is 0 Å². The van der Waals surface area contributed by atoms with Crippen LogP contribution in [0.3, 0.4) is 0 Å². The number of unbranched alkanes of at least 4 members (excludes halogenated alkanes) is 1. The van der Waals surface area contributed by atoms with Crippen LogP contribution in [0.2, 0.25) is 0 Å². The van der Waals surface area contributed by atoms with E-state index in [4.69, 9.17) is 0 Å². The average Bonchev–Trinajstić information content (AvgIpc) is 3.47. The van der Waals surface area contributed by atoms with Crippen LogP contribution in [0.25, 0.3) is 39.1 Å². The standard InChI is InChI=1S/C40H42F4N4/c1-7-10-13-25-15-16-27-34-26(25)19-23-48-33(20-22-47-21-12-11-14-30(47)31-24-32(40(42,43)44)45-46(31)6)39(8-2,9-3)28-17-18-29(41)36(38(27,4)5)35(28)37(34)48/h11-12,14-21,23-24H,7-10,13,22H2,1-6H3/q+2. The fourth-order valence-electron chi connectivity index (χ4n) is 8.53. The Hall–Kier alpha value is -4.33. The lowest BCUT2D eigenvalue weighted by Gasteiger charge is -2.42. The lowest BCUT2D eigenvalue weighted by Crippen LogP contribution is -2.51. The van der Waals surface area contributed by atoms with Crippen molar-refractivity contribution in [3.8, 4) is 22.6 Å². The van der Waals surface area contributed by atoms with Crippen molar-refractivity contribution in [2.75, 3.05) is 0 Å². The molecular weight excluding hydrogens is 612 g/mol. The first-order valence-corrected chi connectivity index (χ1v) is 17.0. The number of hydrogen-bond donors (Lipinski definition) is 0. The summed E-state index contributed by atoms with van der Waals surface area (Å²) in [6.45, 7) is 11.3. The maximum absolute atomic E-state index is 16.2. The summed E-state index contributed by atoms with van der Waals surface area (Å²) in [5.41, 5.74) is 6.61. The van der Waals surface area contributed by atoms with Crippen LogP contribution >= 0.6 is 0 Å². The Kier molecular flexibility index (Phi) is 7.64. The molecule has 0 unspecified atom stereocenters. The van der Waals surface area contributed by atoms with Gasteiger partial charge < -0.3 is 0 Å². The van der Waals surface area contributed by atoms with E-state index in [0.717, 1.165) is 71.8 Å². The molecule has 2 aromatic carbocycles. The van der Waals surface area contributed by atoms with Crippen molar-refractivity contribution in [2.24, 2.45) is 7.05 Å². The zero-order valence-electron chi connectivity index (χ0n) is 28.5. The molecule has 8 heteroatoms. The highest BCUT2D eigenvalue weighted by Crippen LogP contribution is 2.56. The van der Waals surface area contributed by atoms with Crippen molar-refractivity contribution in [3.63, 3.8) is 0 Å². The van der Waals surface area contributed by atoms with Crippen LogP contribution in [0.1, 0.15) is 88.2 Å². The third kappa shape index (κ3) is 4.58. The van der Waals surface area contributed by atoms with Gasteiger partial charge in [0.25, 0.3) is 0 Å². The Morgan fingerprint density at radius 3 is 2.38 bits per heavy atom. The van der Waals surface area contributed by atoms with E-state index in [1.165, 1.54) is 28.1 Å². The van der Waals surface area contributed by atoms with Gasteiger partial charge >= 0.3 is 6.18 Å². The van der Waals surface area contributed by atoms with Crippen LogP contribution in [0.4, 0.5) is 17.6 Å². The van der Waals surface area contributed by atoms with Crippen LogP contribution < -0.4 is 9.13 Å². The summed E-state index contributed by atoms with van der Waals surface area (Å²) < 4.78 is 62.5. The zero-order valence-corrected chi connectivity index (χ0v) is 28.5. The van der Waals surface area contributed by atoms with Gasteiger partial charge in [0.05, 0.1) is 16.4 Å². The fourth-order valence-corrected chi connectivity index (χ4v) is 8.53. The van der Waals surface area contributed by atoms with Crippen molar-refractivity contribution >= 4 is 16.5 Å². The first-order chi connectivity index (χ1) is 22.9. The molecule has 4 heterocycles. The molecule has 1 aliphatic heterocycles. The fraction of sp³-hybridized carbons (Fsp3) is 0.375. The molecule has 0 fully saturated rings. The van der Waals surface area contributed by atoms with E-state index < -0.39 is 22.7 Å². The van der Waals surface area contributed by atoms with Crippen LogP contribution in [0.15, 0.2) is 73.1 Å². The molecule has 0 amide bonds. The van der Waals surface area contributed by atoms with Gasteiger partial charge in [-0.15, -0.1) is 0 Å². The molecule has 7 rings (SSSR count). The summed E-state index contributed by atoms with van der Waals surface area (Å²) in [4.78, 5) is 0. The van der Waals surface area contributed by atoms with Crippen LogP contribution in [0.5, 0.6) is 0 Å². The number of aryl methyl sites for hydroxylation is 2. The second-order valence-corrected chi connectivity index (χ2v) is 13.8. The quantitative estimate of drug-likeness (QED) is 0.121. The van der Waals surface area contributed by atoms with E-state index >= 15 is 4.39 Å². The molecule has 0 bridgehead atoms. The molecule has 48 heavy (non-hydrogen) atoms. The van der Waals surface area contributed by atoms with E-state index in [9.17, 15) is 13.2 Å². The molecule has 0 saturated carbocycles. The topological polar surface area (TPSA) is 25.6 Å². The minimum Gasteiger partial charge on any atom is -0.261 e. The van der Waals surface area contributed by atoms with Gasteiger partial charge in [0.2, 0.25) is 11.4 Å². The largest absolute Gasteiger partial charge is 0.435 e. The number of pyridine rings is 2. The minimum absolute atomic E-state index is 0.185. The highest BCUT2D eigenvalue weighted by Gasteiger charge is 2.53. The van der Waals surface area contributed by atoms with Gasteiger partial charge in [-0.2, -0.15) is 27.4 Å². The van der Waals surface area contributed by atoms with Crippen molar-refractivity contribution < 1.29 is 26.7 Å². The summed E-state index contributed by atoms with van der Waals surface area (Å²) >= 11 is 0. The first-order valence-electron chi connectivity index (χ1n) is 17.0. The minimum atomic E-state index is -4.54. The smallest absolute Gasteiger partial charge is 0.261 e. The number of rotatable bonds is 8. The summed E-state index contributed by atoms with van der Waals surface area (Å²) in [6.07, 6.45) is 6.50. The molecule has 2 aliphatic rings. The Balaban J connectivity index is 1.49. The van der Waals surface area contributed by atoms with E-state index in [1.807, 2.05) is 35.0 Å². The maximum Gasteiger partial charge on any atom is 0.435 e. The zero-order chi connectivity index (χ0) is 34.2. The number of nitrogens with zero attached hydrogens (tertiary/aromatic N) is 4. The van der Waals surface area contributed by atoms with E-state index in [-0.39, 0.29) is 5.82 Å². The Morgan fingerprint density at radius 1 is 0.938 bits per heavy atom. The summed E-state index contributed by atoms with van der Waals surface area (Å²) in [6, 6.07) is 17.0. The molecule has 1 aliphatic carbocycles. The number of benzene rings is 2. The van der Waals surface area contributed by atoms with Gasteiger partial charge in [0.15, 0.2) is 30.3 Å². The highest BCUT2D eigenvalue weighted by atomic mass is 19.4. The second kappa shape index (κ2) is 11.4. The molecular formula is C40H42F4N4+2. The van der Waals surface area contributed by atoms with Gasteiger partial charge in [-0.05, 0) is 59.9 Å². The number of aromatic nitrogens is 4. The van der Waals surface area contributed by atoms with Crippen molar-refractivity contribution in [3.05, 3.63) is 107 Å². The summed E-state index contributed by atoms with van der Waals surface area (Å²) in [7, 11) is 1.54. The molecule has 248 valence electrons. The SMILES string of the molecule is CCCCc1ccc2c3c4[n+](ccc13)C(=CC[n+]1ccccc1-c1cc(C(F)(F)F)nn1C)C(CC)(CC)c1ccc(F)c(c1-4)C2(C)C. The number of hydrogen-bond acceptors (Lipinski definition) is 1. The predicted molar refractivity (Wildman–Crippen MR) is 181 cm³/mol. The van der Waals surface area contributed by atoms with Crippen molar-refractivity contribution in [2.45, 2.75) is 90.3 Å². The van der Waals surface area contributed by atoms with Crippen LogP contribution in [0, 0.1) is 5.82 Å². The Labute approximate surface area is 279 Å². The molecule has 0 spiro atoms. The molecule has 3 aromatic heterocycles. The third-order valence-corrected chi connectivity index (χ3v) is 11.0. The number of alkyl halides is 3. The van der Waals surface area contributed by atoms with Gasteiger partial charge in [-0.3, -0.25) is 4.68 Å². The van der Waals surface area contributed by atoms with E-state index in [1.54, 1.807) is 6.07 Å². The number of allylic oxidation sites excluding steroid dienone is 2.